The molecule has 11 aromatic carbocycles. The van der Waals surface area contributed by atoms with Crippen LogP contribution in [-0.2, 0) is 5.41 Å². The van der Waals surface area contributed by atoms with Gasteiger partial charge in [-0.2, -0.15) is 0 Å². The number of para-hydroxylation sites is 3. The summed E-state index contributed by atoms with van der Waals surface area (Å²) in [6.45, 7) is 0. The molecule has 0 unspecified atom stereocenters. The Bertz CT molecular complexity index is 4030. The molecule has 14 rings (SSSR count). The number of benzene rings is 11. The Balaban J connectivity index is 0.920. The van der Waals surface area contributed by atoms with Crippen LogP contribution in [0.25, 0.3) is 88.0 Å². The summed E-state index contributed by atoms with van der Waals surface area (Å²) in [7, 11) is 0. The maximum absolute atomic E-state index is 6.60. The van der Waals surface area contributed by atoms with E-state index in [0.29, 0.717) is 0 Å². The maximum Gasteiger partial charge on any atom is 0.179 e. The van der Waals surface area contributed by atoms with E-state index in [1.807, 2.05) is 24.3 Å². The Kier molecular flexibility index (Phi) is 8.50. The fourth-order valence-electron chi connectivity index (χ4n) is 11.4. The van der Waals surface area contributed by atoms with Crippen molar-refractivity contribution in [2.24, 2.45) is 0 Å². The van der Waals surface area contributed by atoms with E-state index >= 15 is 0 Å². The molecule has 2 aromatic heterocycles. The van der Waals surface area contributed by atoms with Gasteiger partial charge >= 0.3 is 0 Å². The highest BCUT2D eigenvalue weighted by Crippen LogP contribution is 2.59. The zero-order chi connectivity index (χ0) is 44.8. The second kappa shape index (κ2) is 15.1. The number of hydrogen-bond acceptors (Lipinski definition) is 3. The first-order valence-corrected chi connectivity index (χ1v) is 23.3. The first-order chi connectivity index (χ1) is 33.7. The Morgan fingerprint density at radius 3 is 1.66 bits per heavy atom. The van der Waals surface area contributed by atoms with Crippen molar-refractivity contribution >= 4 is 71.7 Å². The van der Waals surface area contributed by atoms with E-state index < -0.39 is 5.41 Å². The third kappa shape index (κ3) is 5.66. The molecule has 2 heterocycles. The van der Waals surface area contributed by atoms with Crippen LogP contribution in [0.4, 0.5) is 17.1 Å². The molecule has 68 heavy (non-hydrogen) atoms. The van der Waals surface area contributed by atoms with Gasteiger partial charge in [-0.3, -0.25) is 0 Å². The molecule has 318 valence electrons. The van der Waals surface area contributed by atoms with Crippen molar-refractivity contribution in [3.8, 4) is 33.4 Å². The van der Waals surface area contributed by atoms with Crippen molar-refractivity contribution in [2.45, 2.75) is 5.41 Å². The number of fused-ring (bicyclic) bond motifs is 12. The second-order valence-corrected chi connectivity index (χ2v) is 17.9. The topological polar surface area (TPSA) is 29.5 Å². The minimum absolute atomic E-state index is 0.548. The van der Waals surface area contributed by atoms with E-state index in [0.717, 1.165) is 83.2 Å². The summed E-state index contributed by atoms with van der Waals surface area (Å²) < 4.78 is 13.1. The highest BCUT2D eigenvalue weighted by Gasteiger charge is 2.47. The van der Waals surface area contributed by atoms with Gasteiger partial charge in [0.15, 0.2) is 11.2 Å². The molecule has 0 atom stereocenters. The predicted octanol–water partition coefficient (Wildman–Crippen LogP) is 17.8. The molecule has 0 bridgehead atoms. The van der Waals surface area contributed by atoms with Crippen LogP contribution in [0.1, 0.15) is 22.3 Å². The van der Waals surface area contributed by atoms with Gasteiger partial charge in [-0.15, -0.1) is 0 Å². The van der Waals surface area contributed by atoms with E-state index in [1.54, 1.807) is 0 Å². The largest absolute Gasteiger partial charge is 0.452 e. The van der Waals surface area contributed by atoms with Gasteiger partial charge in [-0.25, -0.2) is 0 Å². The molecule has 0 radical (unpaired) electrons. The summed E-state index contributed by atoms with van der Waals surface area (Å²) in [4.78, 5) is 2.40. The lowest BCUT2D eigenvalue weighted by Gasteiger charge is -2.35. The van der Waals surface area contributed by atoms with Crippen molar-refractivity contribution in [1.29, 1.82) is 0 Å². The molecular formula is C65H41NO2. The molecule has 0 spiro atoms. The van der Waals surface area contributed by atoms with E-state index in [1.165, 1.54) is 44.2 Å². The van der Waals surface area contributed by atoms with Gasteiger partial charge in [-0.05, 0) is 127 Å². The summed E-state index contributed by atoms with van der Waals surface area (Å²) in [5.74, 6) is 0. The average molecular weight is 868 g/mol. The zero-order valence-corrected chi connectivity index (χ0v) is 36.9. The van der Waals surface area contributed by atoms with Gasteiger partial charge < -0.3 is 13.7 Å². The molecule has 1 aliphatic carbocycles. The normalized spacial score (nSPS) is 12.8. The lowest BCUT2D eigenvalue weighted by Crippen LogP contribution is -2.28. The summed E-state index contributed by atoms with van der Waals surface area (Å²) in [6.07, 6.45) is 0. The van der Waals surface area contributed by atoms with Crippen LogP contribution in [-0.4, -0.2) is 0 Å². The second-order valence-electron chi connectivity index (χ2n) is 17.9. The van der Waals surface area contributed by atoms with Crippen LogP contribution in [0.15, 0.2) is 258 Å². The SMILES string of the molecule is c1ccc(N(c2ccc(-c3cccc(-c4cc5c6ccccc6oc5c5oc6ccccc6c45)c3)cc2)c2ccc3c(c2)C(c2ccccc2)(c2ccccc2)c2ccc4ccccc4c2-3)cc1. The number of anilines is 3. The lowest BCUT2D eigenvalue weighted by molar-refractivity contribution is 0.633. The van der Waals surface area contributed by atoms with Gasteiger partial charge in [0.1, 0.15) is 11.2 Å². The molecule has 3 heteroatoms. The standard InChI is InChI=1S/C65H41NO2/c1-4-20-46(21-5-1)65(47-22-6-2-7-23-47)57-38-33-43-17-10-11-26-51(43)61(57)53-37-36-50(40-58(53)65)66(48-24-8-3-9-25-48)49-34-31-42(32-35-49)44-18-16-19-45(39-44)55-41-56-52-27-12-14-29-59(52)67-63(56)64-62(55)54-28-13-15-30-60(54)68-64/h1-41H. The minimum atomic E-state index is -0.548. The van der Waals surface area contributed by atoms with E-state index in [-0.39, 0.29) is 0 Å². The molecule has 0 amide bonds. The number of nitrogens with zero attached hydrogens (tertiary/aromatic N) is 1. The quantitative estimate of drug-likeness (QED) is 0.160. The first kappa shape index (κ1) is 38.4. The molecule has 0 saturated carbocycles. The molecule has 0 aliphatic heterocycles. The predicted molar refractivity (Wildman–Crippen MR) is 281 cm³/mol. The van der Waals surface area contributed by atoms with Crippen molar-refractivity contribution in [2.75, 3.05) is 4.90 Å². The third-order valence-electron chi connectivity index (χ3n) is 14.3. The molecule has 0 saturated heterocycles. The fraction of sp³-hybridized carbons (Fsp3) is 0.0154. The van der Waals surface area contributed by atoms with E-state index in [9.17, 15) is 0 Å². The molecule has 3 nitrogen and oxygen atoms in total. The first-order valence-electron chi connectivity index (χ1n) is 23.3. The zero-order valence-electron chi connectivity index (χ0n) is 36.9. The summed E-state index contributed by atoms with van der Waals surface area (Å²) in [5.41, 5.74) is 18.1. The van der Waals surface area contributed by atoms with Crippen LogP contribution >= 0.6 is 0 Å². The van der Waals surface area contributed by atoms with E-state index in [2.05, 4.69) is 229 Å². The molecular weight excluding hydrogens is 827 g/mol. The number of hydrogen-bond donors (Lipinski definition) is 0. The van der Waals surface area contributed by atoms with Crippen molar-refractivity contribution in [1.82, 2.24) is 0 Å². The molecule has 0 N–H and O–H groups in total. The summed E-state index contributed by atoms with van der Waals surface area (Å²) in [5, 5.41) is 6.77. The van der Waals surface area contributed by atoms with Crippen LogP contribution in [0, 0.1) is 0 Å². The average Bonchev–Trinajstić information content (AvgIpc) is 4.08. The van der Waals surface area contributed by atoms with Gasteiger partial charge in [0, 0.05) is 38.6 Å². The smallest absolute Gasteiger partial charge is 0.179 e. The maximum atomic E-state index is 6.60. The van der Waals surface area contributed by atoms with Crippen LogP contribution in [0.2, 0.25) is 0 Å². The molecule has 13 aromatic rings. The Morgan fingerprint density at radius 2 is 0.912 bits per heavy atom. The molecule has 1 aliphatic rings. The fourth-order valence-corrected chi connectivity index (χ4v) is 11.4. The van der Waals surface area contributed by atoms with Gasteiger partial charge in [0.25, 0.3) is 0 Å². The van der Waals surface area contributed by atoms with Crippen LogP contribution in [0.3, 0.4) is 0 Å². The van der Waals surface area contributed by atoms with Crippen LogP contribution in [0.5, 0.6) is 0 Å². The van der Waals surface area contributed by atoms with Crippen molar-refractivity contribution < 1.29 is 8.83 Å². The summed E-state index contributed by atoms with van der Waals surface area (Å²) in [6, 6.07) is 90.2. The van der Waals surface area contributed by atoms with Gasteiger partial charge in [0.05, 0.1) is 5.41 Å². The van der Waals surface area contributed by atoms with Crippen LogP contribution < -0.4 is 4.90 Å². The van der Waals surface area contributed by atoms with Gasteiger partial charge in [-0.1, -0.05) is 188 Å². The van der Waals surface area contributed by atoms with Crippen molar-refractivity contribution in [3.05, 3.63) is 271 Å². The number of rotatable bonds is 7. The Hall–Kier alpha value is -8.92. The van der Waals surface area contributed by atoms with E-state index in [4.69, 9.17) is 8.83 Å². The molecule has 0 fully saturated rings. The highest BCUT2D eigenvalue weighted by atomic mass is 16.4. The van der Waals surface area contributed by atoms with Crippen molar-refractivity contribution in [3.63, 3.8) is 0 Å². The summed E-state index contributed by atoms with van der Waals surface area (Å²) >= 11 is 0. The third-order valence-corrected chi connectivity index (χ3v) is 14.3. The van der Waals surface area contributed by atoms with Gasteiger partial charge in [0.2, 0.25) is 0 Å². The Labute approximate surface area is 393 Å². The lowest BCUT2D eigenvalue weighted by atomic mass is 9.67. The number of furan rings is 2. The monoisotopic (exact) mass is 867 g/mol. The Morgan fingerprint density at radius 1 is 0.324 bits per heavy atom. The minimum Gasteiger partial charge on any atom is -0.452 e. The highest BCUT2D eigenvalue weighted by molar-refractivity contribution is 6.24.